The number of fused-ring (bicyclic) bond motifs is 6. The van der Waals surface area contributed by atoms with Crippen LogP contribution in [0.25, 0.3) is 99.9 Å². The average molecular weight is 816 g/mol. The van der Waals surface area contributed by atoms with E-state index in [4.69, 9.17) is 21.5 Å². The molecule has 0 saturated heterocycles. The van der Waals surface area contributed by atoms with Crippen molar-refractivity contribution in [3.63, 3.8) is 0 Å². The van der Waals surface area contributed by atoms with Gasteiger partial charge in [0.1, 0.15) is 0 Å². The Morgan fingerprint density at radius 2 is 0.922 bits per heavy atom. The third-order valence-corrected chi connectivity index (χ3v) is 12.5. The number of hydrogen-bond donors (Lipinski definition) is 0. The summed E-state index contributed by atoms with van der Waals surface area (Å²) < 4.78 is 2.35. The van der Waals surface area contributed by atoms with Gasteiger partial charge >= 0.3 is 0 Å². The number of nitrogens with zero attached hydrogens (tertiary/aromatic N) is 5. The van der Waals surface area contributed by atoms with Crippen LogP contribution in [-0.2, 0) is 0 Å². The van der Waals surface area contributed by atoms with Gasteiger partial charge in [0.05, 0.1) is 17.6 Å². The van der Waals surface area contributed by atoms with E-state index in [2.05, 4.69) is 155 Å². The number of aromatic nitrogens is 4. The molecular formula is C59H37N5. The first-order chi connectivity index (χ1) is 31.7. The van der Waals surface area contributed by atoms with Crippen molar-refractivity contribution in [2.24, 2.45) is 0 Å². The molecule has 0 amide bonds. The molecule has 0 fully saturated rings. The predicted molar refractivity (Wildman–Crippen MR) is 260 cm³/mol. The number of benzene rings is 9. The van der Waals surface area contributed by atoms with Gasteiger partial charge in [-0.3, -0.25) is 0 Å². The normalized spacial score (nSPS) is 12.8. The number of para-hydroxylation sites is 1. The van der Waals surface area contributed by atoms with Gasteiger partial charge in [-0.05, 0) is 105 Å². The second-order valence-electron chi connectivity index (χ2n) is 16.3. The second kappa shape index (κ2) is 15.3. The van der Waals surface area contributed by atoms with Gasteiger partial charge in [0.25, 0.3) is 0 Å². The van der Waals surface area contributed by atoms with E-state index >= 15 is 0 Å². The quantitative estimate of drug-likeness (QED) is 0.151. The number of hydrogen-bond acceptors (Lipinski definition) is 3. The van der Waals surface area contributed by atoms with Crippen molar-refractivity contribution in [3.8, 4) is 73.2 Å². The molecule has 5 nitrogen and oxygen atoms in total. The van der Waals surface area contributed by atoms with Crippen molar-refractivity contribution >= 4 is 27.5 Å². The monoisotopic (exact) mass is 815 g/mol. The summed E-state index contributed by atoms with van der Waals surface area (Å²) in [5.41, 5.74) is 17.4. The van der Waals surface area contributed by atoms with Crippen LogP contribution < -0.4 is 0 Å². The highest BCUT2D eigenvalue weighted by molar-refractivity contribution is 6.10. The molecule has 1 aliphatic carbocycles. The fourth-order valence-electron chi connectivity index (χ4n) is 9.54. The maximum atomic E-state index is 8.10. The lowest BCUT2D eigenvalue weighted by Crippen LogP contribution is -2.00. The molecular weight excluding hydrogens is 779 g/mol. The molecule has 0 aliphatic heterocycles. The van der Waals surface area contributed by atoms with Crippen LogP contribution in [0, 0.1) is 6.57 Å². The summed E-state index contributed by atoms with van der Waals surface area (Å²) in [5.74, 6) is 1.88. The molecule has 64 heavy (non-hydrogen) atoms. The minimum Gasteiger partial charge on any atom is -0.309 e. The molecule has 2 aromatic heterocycles. The van der Waals surface area contributed by atoms with Gasteiger partial charge in [0.2, 0.25) is 0 Å². The minimum atomic E-state index is 0.202. The summed E-state index contributed by atoms with van der Waals surface area (Å²) in [5, 5.41) is 2.29. The summed E-state index contributed by atoms with van der Waals surface area (Å²) in [6.07, 6.45) is 0. The first-order valence-electron chi connectivity index (χ1n) is 21.5. The fourth-order valence-corrected chi connectivity index (χ4v) is 9.54. The summed E-state index contributed by atoms with van der Waals surface area (Å²) in [7, 11) is 0. The van der Waals surface area contributed by atoms with E-state index in [-0.39, 0.29) is 5.92 Å². The van der Waals surface area contributed by atoms with Crippen LogP contribution in [0.1, 0.15) is 22.6 Å². The van der Waals surface area contributed by atoms with Crippen molar-refractivity contribution < 1.29 is 0 Å². The average Bonchev–Trinajstić information content (AvgIpc) is 3.89. The van der Waals surface area contributed by atoms with E-state index in [0.717, 1.165) is 55.3 Å². The molecule has 0 radical (unpaired) electrons. The smallest absolute Gasteiger partial charge is 0.188 e. The first-order valence-corrected chi connectivity index (χ1v) is 21.5. The molecule has 0 spiro atoms. The van der Waals surface area contributed by atoms with Crippen LogP contribution in [0.5, 0.6) is 0 Å². The Morgan fingerprint density at radius 3 is 1.64 bits per heavy atom. The Bertz CT molecular complexity index is 3550. The van der Waals surface area contributed by atoms with Gasteiger partial charge in [0, 0.05) is 39.1 Å². The van der Waals surface area contributed by atoms with Crippen molar-refractivity contribution in [1.29, 1.82) is 0 Å². The molecule has 0 N–H and O–H groups in total. The fraction of sp³-hybridized carbons (Fsp3) is 0.0169. The lowest BCUT2D eigenvalue weighted by Gasteiger charge is -2.15. The SMILES string of the molecule is [C-]#[N+]c1cc(-c2ccc3c(c2)c2ccccc2n3-c2ccc(-c3ccc4c(c3)C(c3ccccc3)c3ccccc3-4)cc2)cc(-c2nc(-c3ccccc3)nc(-c3ccccc3)n2)c1. The van der Waals surface area contributed by atoms with Crippen LogP contribution in [0.2, 0.25) is 0 Å². The molecule has 2 heterocycles. The first kappa shape index (κ1) is 37.1. The molecule has 1 aliphatic rings. The highest BCUT2D eigenvalue weighted by atomic mass is 15.0. The van der Waals surface area contributed by atoms with Crippen LogP contribution in [0.4, 0.5) is 5.69 Å². The van der Waals surface area contributed by atoms with Gasteiger partial charge < -0.3 is 4.57 Å². The van der Waals surface area contributed by atoms with Gasteiger partial charge in [-0.2, -0.15) is 0 Å². The van der Waals surface area contributed by atoms with Crippen LogP contribution >= 0.6 is 0 Å². The maximum Gasteiger partial charge on any atom is 0.188 e. The van der Waals surface area contributed by atoms with E-state index < -0.39 is 0 Å². The largest absolute Gasteiger partial charge is 0.309 e. The zero-order valence-corrected chi connectivity index (χ0v) is 34.6. The zero-order valence-electron chi connectivity index (χ0n) is 34.6. The summed E-state index contributed by atoms with van der Waals surface area (Å²) in [6.45, 7) is 8.10. The number of rotatable bonds is 7. The Hall–Kier alpha value is -8.72. The van der Waals surface area contributed by atoms with Gasteiger partial charge in [-0.1, -0.05) is 164 Å². The molecule has 1 atom stereocenters. The van der Waals surface area contributed by atoms with Crippen molar-refractivity contribution in [1.82, 2.24) is 19.5 Å². The Morgan fingerprint density at radius 1 is 0.375 bits per heavy atom. The summed E-state index contributed by atoms with van der Waals surface area (Å²) in [6, 6.07) is 76.6. The zero-order chi connectivity index (χ0) is 42.6. The van der Waals surface area contributed by atoms with Gasteiger partial charge in [-0.25, -0.2) is 19.8 Å². The van der Waals surface area contributed by atoms with Crippen molar-refractivity contribution in [3.05, 3.63) is 246 Å². The van der Waals surface area contributed by atoms with Gasteiger partial charge in [0.15, 0.2) is 23.2 Å². The summed E-state index contributed by atoms with van der Waals surface area (Å²) >= 11 is 0. The minimum absolute atomic E-state index is 0.202. The van der Waals surface area contributed by atoms with E-state index in [0.29, 0.717) is 23.2 Å². The molecule has 5 heteroatoms. The molecule has 11 aromatic rings. The van der Waals surface area contributed by atoms with E-state index in [1.807, 2.05) is 72.8 Å². The summed E-state index contributed by atoms with van der Waals surface area (Å²) in [4.78, 5) is 18.7. The Balaban J connectivity index is 0.926. The molecule has 1 unspecified atom stereocenters. The standard InChI is InChI=1S/C59H37N5/c1-60-46-34-44(33-45(35-46)59-62-57(40-17-7-3-8-18-40)61-58(63-59)41-19-9-4-10-20-41)43-28-32-55-52(36-43)50-22-13-14-24-54(50)64(55)47-29-25-38(26-30-47)42-27-31-49-48-21-11-12-23-51(48)56(53(49)37-42)39-15-5-2-6-16-39/h2-37,56H. The third kappa shape index (κ3) is 6.36. The predicted octanol–water partition coefficient (Wildman–Crippen LogP) is 15.0. The highest BCUT2D eigenvalue weighted by Crippen LogP contribution is 2.49. The highest BCUT2D eigenvalue weighted by Gasteiger charge is 2.30. The molecule has 9 aromatic carbocycles. The second-order valence-corrected chi connectivity index (χ2v) is 16.3. The van der Waals surface area contributed by atoms with Gasteiger partial charge in [-0.15, -0.1) is 0 Å². The third-order valence-electron chi connectivity index (χ3n) is 12.5. The molecule has 0 saturated carbocycles. The van der Waals surface area contributed by atoms with E-state index in [1.54, 1.807) is 0 Å². The maximum absolute atomic E-state index is 8.10. The lowest BCUT2D eigenvalue weighted by atomic mass is 9.88. The van der Waals surface area contributed by atoms with E-state index in [1.165, 1.54) is 38.9 Å². The van der Waals surface area contributed by atoms with Crippen molar-refractivity contribution in [2.75, 3.05) is 0 Å². The van der Waals surface area contributed by atoms with Crippen molar-refractivity contribution in [2.45, 2.75) is 5.92 Å². The topological polar surface area (TPSA) is 48.0 Å². The lowest BCUT2D eigenvalue weighted by molar-refractivity contribution is 1.02. The molecule has 298 valence electrons. The van der Waals surface area contributed by atoms with E-state index in [9.17, 15) is 0 Å². The van der Waals surface area contributed by atoms with Crippen LogP contribution in [0.3, 0.4) is 0 Å². The van der Waals surface area contributed by atoms with Crippen LogP contribution in [-0.4, -0.2) is 19.5 Å². The molecule has 12 rings (SSSR count). The Labute approximate surface area is 371 Å². The molecule has 0 bridgehead atoms. The Kier molecular flexibility index (Phi) is 8.88. The van der Waals surface area contributed by atoms with Crippen LogP contribution in [0.15, 0.2) is 218 Å².